The summed E-state index contributed by atoms with van der Waals surface area (Å²) in [5, 5.41) is 3.18. The smallest absolute Gasteiger partial charge is 0.243 e. The second-order valence-corrected chi connectivity index (χ2v) is 8.43. The molecule has 0 amide bonds. The van der Waals surface area contributed by atoms with Crippen LogP contribution >= 0.6 is 0 Å². The number of nitrogens with one attached hydrogen (secondary N) is 1. The van der Waals surface area contributed by atoms with Crippen LogP contribution in [0.3, 0.4) is 0 Å². The van der Waals surface area contributed by atoms with Crippen molar-refractivity contribution in [2.45, 2.75) is 25.7 Å². The van der Waals surface area contributed by atoms with Gasteiger partial charge in [0.15, 0.2) is 0 Å². The summed E-state index contributed by atoms with van der Waals surface area (Å²) >= 11 is 0. The topological polar surface area (TPSA) is 78.4 Å². The van der Waals surface area contributed by atoms with Crippen LogP contribution in [0.2, 0.25) is 0 Å². The summed E-state index contributed by atoms with van der Waals surface area (Å²) in [4.78, 5) is 11.1. The monoisotopic (exact) mass is 393 g/mol. The van der Waals surface area contributed by atoms with E-state index >= 15 is 0 Å². The number of sulfonamides is 1. The number of aromatic nitrogens is 2. The van der Waals surface area contributed by atoms with Gasteiger partial charge in [0.25, 0.3) is 0 Å². The lowest BCUT2D eigenvalue weighted by Gasteiger charge is -2.34. The van der Waals surface area contributed by atoms with Crippen molar-refractivity contribution in [3.05, 3.63) is 41.3 Å². The van der Waals surface area contributed by atoms with Crippen molar-refractivity contribution in [1.82, 2.24) is 14.3 Å². The Balaban J connectivity index is 1.75. The van der Waals surface area contributed by atoms with Crippen LogP contribution in [0, 0.1) is 19.7 Å². The molecule has 2 heterocycles. The van der Waals surface area contributed by atoms with E-state index in [-0.39, 0.29) is 4.90 Å². The number of anilines is 2. The number of rotatable bonds is 5. The molecule has 1 N–H and O–H groups in total. The Kier molecular flexibility index (Phi) is 5.61. The predicted molar refractivity (Wildman–Crippen MR) is 103 cm³/mol. The van der Waals surface area contributed by atoms with Gasteiger partial charge < -0.3 is 10.2 Å². The third-order valence-corrected chi connectivity index (χ3v) is 6.54. The van der Waals surface area contributed by atoms with Crippen LogP contribution in [-0.2, 0) is 10.0 Å². The fourth-order valence-electron chi connectivity index (χ4n) is 3.14. The Morgan fingerprint density at radius 3 is 2.44 bits per heavy atom. The van der Waals surface area contributed by atoms with E-state index in [1.807, 2.05) is 24.8 Å². The minimum atomic E-state index is -3.65. The average Bonchev–Trinajstić information content (AvgIpc) is 2.61. The van der Waals surface area contributed by atoms with Crippen LogP contribution < -0.4 is 10.2 Å². The highest BCUT2D eigenvalue weighted by atomic mass is 32.2. The fraction of sp³-hybridized carbons (Fsp3) is 0.444. The van der Waals surface area contributed by atoms with Crippen LogP contribution in [0.4, 0.5) is 16.2 Å². The first kappa shape index (κ1) is 19.5. The van der Waals surface area contributed by atoms with Crippen LogP contribution in [0.5, 0.6) is 0 Å². The molecule has 7 nitrogen and oxygen atoms in total. The van der Waals surface area contributed by atoms with E-state index in [1.54, 1.807) is 6.92 Å². The van der Waals surface area contributed by atoms with Gasteiger partial charge in [0.05, 0.1) is 4.90 Å². The van der Waals surface area contributed by atoms with E-state index in [4.69, 9.17) is 0 Å². The lowest BCUT2D eigenvalue weighted by atomic mass is 10.2. The SMILES string of the molecule is CCNc1cc(C)nc(N2CCN(S(=O)(=O)c3ccc(F)cc3C)CC2)n1. The van der Waals surface area contributed by atoms with Crippen LogP contribution in [0.15, 0.2) is 29.2 Å². The molecule has 0 radical (unpaired) electrons. The lowest BCUT2D eigenvalue weighted by Crippen LogP contribution is -2.49. The number of hydrogen-bond acceptors (Lipinski definition) is 6. The molecule has 1 fully saturated rings. The van der Waals surface area contributed by atoms with Gasteiger partial charge in [-0.05, 0) is 44.5 Å². The van der Waals surface area contributed by atoms with Crippen molar-refractivity contribution in [1.29, 1.82) is 0 Å². The number of halogens is 1. The van der Waals surface area contributed by atoms with Gasteiger partial charge in [0.2, 0.25) is 16.0 Å². The first-order chi connectivity index (χ1) is 12.8. The zero-order valence-electron chi connectivity index (χ0n) is 15.7. The molecular formula is C18H24FN5O2S. The summed E-state index contributed by atoms with van der Waals surface area (Å²) in [6.07, 6.45) is 0. The largest absolute Gasteiger partial charge is 0.370 e. The zero-order valence-corrected chi connectivity index (χ0v) is 16.6. The van der Waals surface area contributed by atoms with Gasteiger partial charge in [-0.15, -0.1) is 0 Å². The Labute approximate surface area is 159 Å². The molecule has 0 bridgehead atoms. The molecular weight excluding hydrogens is 369 g/mol. The van der Waals surface area contributed by atoms with Crippen LogP contribution in [0.25, 0.3) is 0 Å². The average molecular weight is 393 g/mol. The fourth-order valence-corrected chi connectivity index (χ4v) is 4.76. The van der Waals surface area contributed by atoms with Gasteiger partial charge >= 0.3 is 0 Å². The summed E-state index contributed by atoms with van der Waals surface area (Å²) in [6.45, 7) is 7.92. The molecule has 1 aromatic heterocycles. The molecule has 9 heteroatoms. The molecule has 0 atom stereocenters. The van der Waals surface area contributed by atoms with Gasteiger partial charge in [0.1, 0.15) is 11.6 Å². The third-order valence-electron chi connectivity index (χ3n) is 4.48. The van der Waals surface area contributed by atoms with E-state index in [2.05, 4.69) is 15.3 Å². The predicted octanol–water partition coefficient (Wildman–Crippen LogP) is 2.18. The van der Waals surface area contributed by atoms with Crippen molar-refractivity contribution >= 4 is 21.8 Å². The maximum Gasteiger partial charge on any atom is 0.243 e. The Bertz CT molecular complexity index is 927. The van der Waals surface area contributed by atoms with Crippen LogP contribution in [-0.4, -0.2) is 55.4 Å². The zero-order chi connectivity index (χ0) is 19.6. The van der Waals surface area contributed by atoms with Gasteiger partial charge in [-0.25, -0.2) is 17.8 Å². The van der Waals surface area contributed by atoms with Crippen molar-refractivity contribution < 1.29 is 12.8 Å². The maximum absolute atomic E-state index is 13.3. The summed E-state index contributed by atoms with van der Waals surface area (Å²) in [5.74, 6) is 0.919. The number of nitrogens with zero attached hydrogens (tertiary/aromatic N) is 4. The normalized spacial score (nSPS) is 15.8. The first-order valence-corrected chi connectivity index (χ1v) is 10.4. The highest BCUT2D eigenvalue weighted by molar-refractivity contribution is 7.89. The molecule has 27 heavy (non-hydrogen) atoms. The van der Waals surface area contributed by atoms with Crippen molar-refractivity contribution in [2.75, 3.05) is 42.9 Å². The molecule has 2 aromatic rings. The molecule has 0 saturated carbocycles. The summed E-state index contributed by atoms with van der Waals surface area (Å²) in [5.41, 5.74) is 1.27. The highest BCUT2D eigenvalue weighted by Gasteiger charge is 2.30. The van der Waals surface area contributed by atoms with E-state index in [1.165, 1.54) is 22.5 Å². The van der Waals surface area contributed by atoms with Crippen molar-refractivity contribution in [3.8, 4) is 0 Å². The van der Waals surface area contributed by atoms with E-state index in [0.717, 1.165) is 18.1 Å². The highest BCUT2D eigenvalue weighted by Crippen LogP contribution is 2.23. The molecule has 0 aliphatic carbocycles. The van der Waals surface area contributed by atoms with Crippen molar-refractivity contribution in [3.63, 3.8) is 0 Å². The number of aryl methyl sites for hydroxylation is 2. The number of piperazine rings is 1. The minimum Gasteiger partial charge on any atom is -0.370 e. The molecule has 146 valence electrons. The van der Waals surface area contributed by atoms with E-state index in [0.29, 0.717) is 37.7 Å². The Hall–Kier alpha value is -2.26. The number of benzene rings is 1. The van der Waals surface area contributed by atoms with Gasteiger partial charge in [-0.3, -0.25) is 0 Å². The third kappa shape index (κ3) is 4.19. The van der Waals surface area contributed by atoms with Gasteiger partial charge in [-0.1, -0.05) is 0 Å². The lowest BCUT2D eigenvalue weighted by molar-refractivity contribution is 0.382. The van der Waals surface area contributed by atoms with Gasteiger partial charge in [0, 0.05) is 44.5 Å². The van der Waals surface area contributed by atoms with Crippen molar-refractivity contribution in [2.24, 2.45) is 0 Å². The summed E-state index contributed by atoms with van der Waals surface area (Å²) in [7, 11) is -3.65. The van der Waals surface area contributed by atoms with Gasteiger partial charge in [-0.2, -0.15) is 9.29 Å². The minimum absolute atomic E-state index is 0.151. The maximum atomic E-state index is 13.3. The molecule has 1 aliphatic heterocycles. The van der Waals surface area contributed by atoms with E-state index < -0.39 is 15.8 Å². The molecule has 1 aromatic carbocycles. The first-order valence-electron chi connectivity index (χ1n) is 8.92. The molecule has 1 aliphatic rings. The molecule has 1 saturated heterocycles. The van der Waals surface area contributed by atoms with Crippen LogP contribution in [0.1, 0.15) is 18.2 Å². The molecule has 0 unspecified atom stereocenters. The summed E-state index contributed by atoms with van der Waals surface area (Å²) in [6, 6.07) is 5.63. The Morgan fingerprint density at radius 1 is 1.11 bits per heavy atom. The number of hydrogen-bond donors (Lipinski definition) is 1. The molecule has 3 rings (SSSR count). The second-order valence-electron chi connectivity index (χ2n) is 6.53. The molecule has 0 spiro atoms. The Morgan fingerprint density at radius 2 is 1.81 bits per heavy atom. The van der Waals surface area contributed by atoms with E-state index in [9.17, 15) is 12.8 Å². The summed E-state index contributed by atoms with van der Waals surface area (Å²) < 4.78 is 40.5. The quantitative estimate of drug-likeness (QED) is 0.839. The standard InChI is InChI=1S/C18H24FN5O2S/c1-4-20-17-12-14(3)21-18(22-17)23-7-9-24(10-8-23)27(25,26)16-6-5-15(19)11-13(16)2/h5-6,11-12H,4,7-10H2,1-3H3,(H,20,21,22). The second kappa shape index (κ2) is 7.77.